The van der Waals surface area contributed by atoms with Crippen LogP contribution in [0.15, 0.2) is 12.2 Å². The Bertz CT molecular complexity index is 174. The van der Waals surface area contributed by atoms with E-state index in [1.165, 1.54) is 0 Å². The first-order valence-corrected chi connectivity index (χ1v) is 3.73. The quantitative estimate of drug-likeness (QED) is 0.608. The summed E-state index contributed by atoms with van der Waals surface area (Å²) < 4.78 is 5.23. The molecule has 2 unspecified atom stereocenters. The maximum Gasteiger partial charge on any atom is 0.309 e. The van der Waals surface area contributed by atoms with E-state index in [-0.39, 0.29) is 6.10 Å². The number of rotatable bonds is 2. The second-order valence-corrected chi connectivity index (χ2v) is 2.68. The third kappa shape index (κ3) is 2.05. The fourth-order valence-electron chi connectivity index (χ4n) is 1.01. The number of ether oxygens (including phenoxy) is 1. The van der Waals surface area contributed by atoms with Crippen molar-refractivity contribution in [3.8, 4) is 0 Å². The van der Waals surface area contributed by atoms with Crippen LogP contribution in [0.25, 0.3) is 0 Å². The van der Waals surface area contributed by atoms with Crippen LogP contribution < -0.4 is 0 Å². The van der Waals surface area contributed by atoms with Gasteiger partial charge in [0.15, 0.2) is 0 Å². The van der Waals surface area contributed by atoms with Crippen LogP contribution in [-0.2, 0) is 9.53 Å². The summed E-state index contributed by atoms with van der Waals surface area (Å²) in [5.41, 5.74) is 0. The summed E-state index contributed by atoms with van der Waals surface area (Å²) in [7, 11) is 0. The molecule has 1 rings (SSSR count). The van der Waals surface area contributed by atoms with E-state index in [0.29, 0.717) is 6.61 Å². The van der Waals surface area contributed by atoms with Crippen LogP contribution in [0.2, 0.25) is 0 Å². The van der Waals surface area contributed by atoms with Gasteiger partial charge in [0.25, 0.3) is 0 Å². The zero-order valence-corrected chi connectivity index (χ0v) is 6.49. The van der Waals surface area contributed by atoms with Gasteiger partial charge in [-0.3, -0.25) is 4.79 Å². The average molecular weight is 156 g/mol. The largest absolute Gasteiger partial charge is 0.481 e. The average Bonchev–Trinajstić information content (AvgIpc) is 2.05. The van der Waals surface area contributed by atoms with Crippen LogP contribution in [0.5, 0.6) is 0 Å². The molecule has 0 saturated carbocycles. The van der Waals surface area contributed by atoms with Crippen molar-refractivity contribution in [3.05, 3.63) is 12.2 Å². The first-order valence-electron chi connectivity index (χ1n) is 3.73. The lowest BCUT2D eigenvalue weighted by atomic mass is 10.0. The van der Waals surface area contributed by atoms with Gasteiger partial charge in [0.2, 0.25) is 0 Å². The summed E-state index contributed by atoms with van der Waals surface area (Å²) in [5, 5.41) is 8.62. The van der Waals surface area contributed by atoms with E-state index < -0.39 is 11.9 Å². The Balaban J connectivity index is 2.52. The Morgan fingerprint density at radius 1 is 1.82 bits per heavy atom. The summed E-state index contributed by atoms with van der Waals surface area (Å²) >= 11 is 0. The normalized spacial score (nSPS) is 26.5. The molecular formula is C8H12O3. The third-order valence-corrected chi connectivity index (χ3v) is 1.80. The molecule has 1 heterocycles. The van der Waals surface area contributed by atoms with E-state index in [0.717, 1.165) is 6.42 Å². The van der Waals surface area contributed by atoms with Crippen molar-refractivity contribution in [1.29, 1.82) is 0 Å². The lowest BCUT2D eigenvalue weighted by molar-refractivity contribution is -0.145. The minimum atomic E-state index is -0.804. The summed E-state index contributed by atoms with van der Waals surface area (Å²) in [6.07, 6.45) is 4.44. The molecule has 2 atom stereocenters. The maximum absolute atomic E-state index is 10.5. The number of carboxylic acid groups (broad SMARTS) is 1. The van der Waals surface area contributed by atoms with E-state index in [4.69, 9.17) is 9.84 Å². The van der Waals surface area contributed by atoms with Gasteiger partial charge in [0.05, 0.1) is 18.6 Å². The third-order valence-electron chi connectivity index (χ3n) is 1.80. The van der Waals surface area contributed by atoms with Crippen LogP contribution in [0.1, 0.15) is 13.3 Å². The fraction of sp³-hybridized carbons (Fsp3) is 0.625. The molecular weight excluding hydrogens is 144 g/mol. The summed E-state index contributed by atoms with van der Waals surface area (Å²) in [6, 6.07) is 0. The van der Waals surface area contributed by atoms with E-state index in [2.05, 4.69) is 0 Å². The first-order chi connectivity index (χ1) is 5.22. The summed E-state index contributed by atoms with van der Waals surface area (Å²) in [4.78, 5) is 10.5. The van der Waals surface area contributed by atoms with E-state index >= 15 is 0 Å². The molecule has 0 aromatic carbocycles. The highest BCUT2D eigenvalue weighted by Gasteiger charge is 2.22. The smallest absolute Gasteiger partial charge is 0.309 e. The van der Waals surface area contributed by atoms with Gasteiger partial charge in [0.1, 0.15) is 0 Å². The predicted molar refractivity (Wildman–Crippen MR) is 40.3 cm³/mol. The zero-order valence-electron chi connectivity index (χ0n) is 6.49. The molecule has 0 spiro atoms. The van der Waals surface area contributed by atoms with Crippen molar-refractivity contribution in [2.75, 3.05) is 6.61 Å². The van der Waals surface area contributed by atoms with Crippen LogP contribution in [0, 0.1) is 5.92 Å². The number of hydrogen-bond donors (Lipinski definition) is 1. The topological polar surface area (TPSA) is 46.5 Å². The highest BCUT2D eigenvalue weighted by molar-refractivity contribution is 5.70. The molecule has 0 aromatic heterocycles. The number of carbonyl (C=O) groups is 1. The van der Waals surface area contributed by atoms with Crippen molar-refractivity contribution in [3.63, 3.8) is 0 Å². The molecule has 1 N–H and O–H groups in total. The molecule has 0 fully saturated rings. The van der Waals surface area contributed by atoms with E-state index in [1.54, 1.807) is 6.92 Å². The number of carboxylic acids is 1. The Labute approximate surface area is 65.7 Å². The van der Waals surface area contributed by atoms with Crippen molar-refractivity contribution in [2.24, 2.45) is 5.92 Å². The Hall–Kier alpha value is -0.830. The minimum Gasteiger partial charge on any atom is -0.481 e. The van der Waals surface area contributed by atoms with Gasteiger partial charge in [-0.1, -0.05) is 12.2 Å². The van der Waals surface area contributed by atoms with Gasteiger partial charge in [-0.15, -0.1) is 0 Å². The van der Waals surface area contributed by atoms with Crippen LogP contribution in [-0.4, -0.2) is 23.8 Å². The summed E-state index contributed by atoms with van der Waals surface area (Å²) in [6.45, 7) is 2.29. The van der Waals surface area contributed by atoms with Crippen molar-refractivity contribution in [2.45, 2.75) is 19.4 Å². The highest BCUT2D eigenvalue weighted by Crippen LogP contribution is 2.13. The molecule has 11 heavy (non-hydrogen) atoms. The highest BCUT2D eigenvalue weighted by atomic mass is 16.5. The van der Waals surface area contributed by atoms with Crippen molar-refractivity contribution < 1.29 is 14.6 Å². The molecule has 3 heteroatoms. The van der Waals surface area contributed by atoms with E-state index in [9.17, 15) is 4.79 Å². The predicted octanol–water partition coefficient (Wildman–Crippen LogP) is 1.05. The molecule has 3 nitrogen and oxygen atoms in total. The second-order valence-electron chi connectivity index (χ2n) is 2.68. The van der Waals surface area contributed by atoms with Crippen LogP contribution in [0.3, 0.4) is 0 Å². The fourth-order valence-corrected chi connectivity index (χ4v) is 1.01. The maximum atomic E-state index is 10.5. The lowest BCUT2D eigenvalue weighted by Gasteiger charge is -2.20. The molecule has 0 aromatic rings. The molecule has 62 valence electrons. The molecule has 0 aliphatic carbocycles. The first kappa shape index (κ1) is 8.27. The van der Waals surface area contributed by atoms with Gasteiger partial charge >= 0.3 is 5.97 Å². The van der Waals surface area contributed by atoms with E-state index in [1.807, 2.05) is 12.2 Å². The van der Waals surface area contributed by atoms with Gasteiger partial charge < -0.3 is 9.84 Å². The molecule has 0 bridgehead atoms. The second kappa shape index (κ2) is 3.53. The monoisotopic (exact) mass is 156 g/mol. The number of aliphatic carboxylic acids is 1. The van der Waals surface area contributed by atoms with Gasteiger partial charge in [-0.2, -0.15) is 0 Å². The minimum absolute atomic E-state index is 0.235. The lowest BCUT2D eigenvalue weighted by Crippen LogP contribution is -2.28. The molecule has 1 aliphatic rings. The van der Waals surface area contributed by atoms with Crippen LogP contribution in [0.4, 0.5) is 0 Å². The van der Waals surface area contributed by atoms with Gasteiger partial charge in [-0.25, -0.2) is 0 Å². The number of hydrogen-bond acceptors (Lipinski definition) is 2. The zero-order chi connectivity index (χ0) is 8.27. The molecule has 0 radical (unpaired) electrons. The molecule has 0 saturated heterocycles. The SMILES string of the molecule is CC(C(=O)O)C1C=CCCO1. The Kier molecular flexibility index (Phi) is 2.65. The van der Waals surface area contributed by atoms with Gasteiger partial charge in [0, 0.05) is 0 Å². The molecule has 1 aliphatic heterocycles. The Morgan fingerprint density at radius 2 is 2.55 bits per heavy atom. The van der Waals surface area contributed by atoms with Crippen LogP contribution >= 0.6 is 0 Å². The van der Waals surface area contributed by atoms with Crippen molar-refractivity contribution >= 4 is 5.97 Å². The van der Waals surface area contributed by atoms with Gasteiger partial charge in [-0.05, 0) is 13.3 Å². The molecule has 0 amide bonds. The Morgan fingerprint density at radius 3 is 3.00 bits per heavy atom. The van der Waals surface area contributed by atoms with Crippen molar-refractivity contribution in [1.82, 2.24) is 0 Å². The summed E-state index contributed by atoms with van der Waals surface area (Å²) in [5.74, 6) is -1.24. The standard InChI is InChI=1S/C8H12O3/c1-6(8(9)10)7-4-2-3-5-11-7/h2,4,6-7H,3,5H2,1H3,(H,9,10).